The van der Waals surface area contributed by atoms with E-state index in [9.17, 15) is 9.90 Å². The van der Waals surface area contributed by atoms with Gasteiger partial charge >= 0.3 is 5.97 Å². The van der Waals surface area contributed by atoms with Crippen LogP contribution in [0.4, 0.5) is 0 Å². The van der Waals surface area contributed by atoms with Gasteiger partial charge in [-0.2, -0.15) is 0 Å². The second kappa shape index (κ2) is 20.4. The van der Waals surface area contributed by atoms with Crippen LogP contribution in [-0.2, 0) is 20.4 Å². The molecular weight excluding hydrogens is 504 g/mol. The molecule has 0 saturated carbocycles. The molecule has 1 rings (SSSR count). The lowest BCUT2D eigenvalue weighted by Crippen LogP contribution is -2.19. The van der Waals surface area contributed by atoms with Gasteiger partial charge in [-0.25, -0.2) is 0 Å². The van der Waals surface area contributed by atoms with E-state index in [1.54, 1.807) is 0 Å². The number of rotatable bonds is 22. The predicted molar refractivity (Wildman–Crippen MR) is 178 cm³/mol. The minimum Gasteiger partial charge on any atom is -0.507 e. The molecule has 0 spiro atoms. The monoisotopic (exact) mass is 573 g/mol. The third-order valence-electron chi connectivity index (χ3n) is 8.64. The van der Waals surface area contributed by atoms with Gasteiger partial charge in [0.05, 0.1) is 6.61 Å². The predicted octanol–water partition coefficient (Wildman–Crippen LogP) is 12.1. The van der Waals surface area contributed by atoms with Crippen molar-refractivity contribution in [3.05, 3.63) is 28.8 Å². The molecule has 3 nitrogen and oxygen atoms in total. The fourth-order valence-corrected chi connectivity index (χ4v) is 5.87. The van der Waals surface area contributed by atoms with E-state index >= 15 is 0 Å². The summed E-state index contributed by atoms with van der Waals surface area (Å²) in [6, 6.07) is 4.45. The molecule has 1 atom stereocenters. The Morgan fingerprint density at radius 1 is 0.659 bits per heavy atom. The van der Waals surface area contributed by atoms with Crippen LogP contribution in [0, 0.1) is 0 Å². The van der Waals surface area contributed by atoms with Crippen molar-refractivity contribution in [1.82, 2.24) is 0 Å². The zero-order chi connectivity index (χ0) is 30.7. The summed E-state index contributed by atoms with van der Waals surface area (Å²) in [4.78, 5) is 11.8. The topological polar surface area (TPSA) is 46.5 Å². The Labute approximate surface area is 255 Å². The summed E-state index contributed by atoms with van der Waals surface area (Å²) >= 11 is 0. The Morgan fingerprint density at radius 2 is 1.05 bits per heavy atom. The summed E-state index contributed by atoms with van der Waals surface area (Å²) in [5, 5.41) is 11.2. The molecule has 0 aromatic heterocycles. The van der Waals surface area contributed by atoms with Gasteiger partial charge in [0, 0.05) is 6.42 Å². The summed E-state index contributed by atoms with van der Waals surface area (Å²) in [5.74, 6) is 0.643. The lowest BCUT2D eigenvalue weighted by atomic mass is 9.76. The van der Waals surface area contributed by atoms with Crippen molar-refractivity contribution in [3.63, 3.8) is 0 Å². The van der Waals surface area contributed by atoms with Crippen LogP contribution in [0.3, 0.4) is 0 Å². The minimum atomic E-state index is -0.145. The van der Waals surface area contributed by atoms with Crippen molar-refractivity contribution in [1.29, 1.82) is 0 Å². The molecule has 0 radical (unpaired) electrons. The molecule has 0 amide bonds. The van der Waals surface area contributed by atoms with E-state index in [1.165, 1.54) is 108 Å². The van der Waals surface area contributed by atoms with Crippen LogP contribution >= 0.6 is 0 Å². The highest BCUT2D eigenvalue weighted by Crippen LogP contribution is 2.42. The smallest absolute Gasteiger partial charge is 0.305 e. The van der Waals surface area contributed by atoms with Gasteiger partial charge in [-0.3, -0.25) is 4.79 Å². The molecule has 0 saturated heterocycles. The molecule has 3 heteroatoms. The number of carbonyl (C=O) groups excluding carboxylic acids is 1. The minimum absolute atomic E-state index is 0.123. The number of hydrogen-bond acceptors (Lipinski definition) is 3. The number of hydrogen-bond donors (Lipinski definition) is 1. The molecule has 41 heavy (non-hydrogen) atoms. The van der Waals surface area contributed by atoms with Crippen LogP contribution in [0.5, 0.6) is 5.75 Å². The fourth-order valence-electron chi connectivity index (χ4n) is 5.87. The molecule has 0 aliphatic rings. The van der Waals surface area contributed by atoms with Crippen LogP contribution in [0.1, 0.15) is 200 Å². The van der Waals surface area contributed by atoms with Crippen LogP contribution in [0.25, 0.3) is 0 Å². The van der Waals surface area contributed by atoms with E-state index in [-0.39, 0.29) is 16.8 Å². The number of phenolic OH excluding ortho intramolecular Hbond substituents is 1. The van der Waals surface area contributed by atoms with E-state index in [0.29, 0.717) is 24.7 Å². The first-order chi connectivity index (χ1) is 19.4. The maximum atomic E-state index is 11.8. The maximum Gasteiger partial charge on any atom is 0.305 e. The van der Waals surface area contributed by atoms with Crippen molar-refractivity contribution in [2.45, 2.75) is 194 Å². The molecule has 1 N–H and O–H groups in total. The van der Waals surface area contributed by atoms with Crippen molar-refractivity contribution in [3.8, 4) is 5.75 Å². The highest BCUT2D eigenvalue weighted by atomic mass is 16.5. The van der Waals surface area contributed by atoms with E-state index < -0.39 is 0 Å². The highest BCUT2D eigenvalue weighted by molar-refractivity contribution is 5.68. The third-order valence-corrected chi connectivity index (χ3v) is 8.64. The summed E-state index contributed by atoms with van der Waals surface area (Å²) < 4.78 is 5.51. The maximum absolute atomic E-state index is 11.8. The Bertz CT molecular complexity index is 792. The Morgan fingerprint density at radius 3 is 1.41 bits per heavy atom. The van der Waals surface area contributed by atoms with Gasteiger partial charge in [-0.1, -0.05) is 170 Å². The summed E-state index contributed by atoms with van der Waals surface area (Å²) in [5.41, 5.74) is 3.03. The van der Waals surface area contributed by atoms with Gasteiger partial charge in [0.25, 0.3) is 0 Å². The van der Waals surface area contributed by atoms with Crippen molar-refractivity contribution >= 4 is 5.97 Å². The third kappa shape index (κ3) is 16.1. The molecule has 0 fully saturated rings. The molecule has 238 valence electrons. The van der Waals surface area contributed by atoms with Crippen LogP contribution in [0.15, 0.2) is 12.1 Å². The molecule has 0 aliphatic carbocycles. The second-order valence-electron chi connectivity index (χ2n) is 14.6. The summed E-state index contributed by atoms with van der Waals surface area (Å²) in [6.45, 7) is 17.6. The van der Waals surface area contributed by atoms with Gasteiger partial charge in [-0.05, 0) is 46.3 Å². The molecule has 0 bridgehead atoms. The van der Waals surface area contributed by atoms with E-state index in [4.69, 9.17) is 4.74 Å². The Balaban J connectivity index is 2.56. The molecule has 1 unspecified atom stereocenters. The number of ether oxygens (including phenoxy) is 1. The summed E-state index contributed by atoms with van der Waals surface area (Å²) in [7, 11) is 0. The fraction of sp³-hybridized carbons (Fsp3) is 0.816. The van der Waals surface area contributed by atoms with Crippen molar-refractivity contribution in [2.75, 3.05) is 6.61 Å². The van der Waals surface area contributed by atoms with Gasteiger partial charge in [0.2, 0.25) is 0 Å². The van der Waals surface area contributed by atoms with Gasteiger partial charge in [0.1, 0.15) is 5.75 Å². The molecule has 1 aromatic rings. The van der Waals surface area contributed by atoms with Gasteiger partial charge in [-0.15, -0.1) is 0 Å². The molecule has 1 aromatic carbocycles. The summed E-state index contributed by atoms with van der Waals surface area (Å²) in [6.07, 6.45) is 24.4. The largest absolute Gasteiger partial charge is 0.507 e. The first-order valence-electron chi connectivity index (χ1n) is 17.4. The molecule has 0 aliphatic heterocycles. The van der Waals surface area contributed by atoms with Crippen molar-refractivity contribution < 1.29 is 14.6 Å². The number of benzene rings is 1. The number of aromatic hydroxyl groups is 1. The zero-order valence-electron chi connectivity index (χ0n) is 28.6. The SMILES string of the molecule is CCCCCCCCCCCCCCCCCCC(CCOC(=O)CC)c1cc(C(C)(C)C)c(O)c(C(C)(C)C)c1. The quantitative estimate of drug-likeness (QED) is 0.111. The van der Waals surface area contributed by atoms with E-state index in [2.05, 4.69) is 60.6 Å². The average molecular weight is 573 g/mol. The first kappa shape index (κ1) is 37.5. The van der Waals surface area contributed by atoms with Crippen LogP contribution in [0.2, 0.25) is 0 Å². The number of carbonyl (C=O) groups is 1. The lowest BCUT2D eigenvalue weighted by molar-refractivity contribution is -0.143. The lowest BCUT2D eigenvalue weighted by Gasteiger charge is -2.30. The van der Waals surface area contributed by atoms with Gasteiger partial charge in [0.15, 0.2) is 0 Å². The number of unbranched alkanes of at least 4 members (excludes halogenated alkanes) is 15. The van der Waals surface area contributed by atoms with Crippen LogP contribution < -0.4 is 0 Å². The van der Waals surface area contributed by atoms with E-state index in [1.807, 2.05) is 6.92 Å². The average Bonchev–Trinajstić information content (AvgIpc) is 2.90. The van der Waals surface area contributed by atoms with Crippen LogP contribution in [-0.4, -0.2) is 17.7 Å². The molecular formula is C38H68O3. The first-order valence-corrected chi connectivity index (χ1v) is 17.4. The Hall–Kier alpha value is -1.51. The number of esters is 1. The molecule has 0 heterocycles. The van der Waals surface area contributed by atoms with Crippen molar-refractivity contribution in [2.24, 2.45) is 0 Å². The highest BCUT2D eigenvalue weighted by Gasteiger charge is 2.28. The standard InChI is InChI=1S/C38H68O3/c1-9-11-12-13-14-15-16-17-18-19-20-21-22-23-24-25-26-31(27-28-41-35(39)10-2)32-29-33(37(3,4)5)36(40)34(30-32)38(6,7)8/h29-31,40H,9-28H2,1-8H3. The van der Waals surface area contributed by atoms with Gasteiger partial charge < -0.3 is 9.84 Å². The van der Waals surface area contributed by atoms with E-state index in [0.717, 1.165) is 24.0 Å². The zero-order valence-corrected chi connectivity index (χ0v) is 28.6. The normalized spacial score (nSPS) is 13.0. The number of phenols is 1. The second-order valence-corrected chi connectivity index (χ2v) is 14.6. The Kier molecular flexibility index (Phi) is 18.7.